The van der Waals surface area contributed by atoms with Crippen LogP contribution in [0.25, 0.3) is 0 Å². The Bertz CT molecular complexity index is 563. The lowest BCUT2D eigenvalue weighted by atomic mass is 10.1. The van der Waals surface area contributed by atoms with Gasteiger partial charge in [-0.2, -0.15) is 11.8 Å². The fourth-order valence-electron chi connectivity index (χ4n) is 2.16. The van der Waals surface area contributed by atoms with Crippen molar-refractivity contribution in [2.24, 2.45) is 0 Å². The highest BCUT2D eigenvalue weighted by atomic mass is 35.5. The van der Waals surface area contributed by atoms with Crippen molar-refractivity contribution in [2.75, 3.05) is 18.8 Å². The molecule has 5 nitrogen and oxygen atoms in total. The Labute approximate surface area is 126 Å². The fourth-order valence-corrected chi connectivity index (χ4v) is 3.52. The number of halogens is 1. The molecule has 20 heavy (non-hydrogen) atoms. The molecule has 0 saturated carbocycles. The monoisotopic (exact) mass is 314 g/mol. The summed E-state index contributed by atoms with van der Waals surface area (Å²) in [5, 5.41) is 10.7. The van der Waals surface area contributed by atoms with Gasteiger partial charge in [0.15, 0.2) is 0 Å². The first kappa shape index (κ1) is 15.1. The van der Waals surface area contributed by atoms with Crippen molar-refractivity contribution in [1.29, 1.82) is 0 Å². The van der Waals surface area contributed by atoms with Crippen LogP contribution in [0.2, 0.25) is 5.02 Å². The van der Waals surface area contributed by atoms with E-state index in [4.69, 9.17) is 11.6 Å². The molecule has 1 aromatic carbocycles. The zero-order valence-corrected chi connectivity index (χ0v) is 12.8. The number of hydrogen-bond acceptors (Lipinski definition) is 4. The number of nitro benzene ring substituents is 1. The lowest BCUT2D eigenvalue weighted by molar-refractivity contribution is -0.384. The molecule has 1 amide bonds. The Morgan fingerprint density at radius 1 is 1.50 bits per heavy atom. The first-order valence-corrected chi connectivity index (χ1v) is 7.54. The molecule has 2 rings (SSSR count). The Hall–Kier alpha value is -1.27. The number of hydrogen-bond donors (Lipinski definition) is 0. The van der Waals surface area contributed by atoms with Crippen LogP contribution < -0.4 is 0 Å². The van der Waals surface area contributed by atoms with Crippen molar-refractivity contribution in [2.45, 2.75) is 18.6 Å². The lowest BCUT2D eigenvalue weighted by Gasteiger charge is -2.37. The zero-order chi connectivity index (χ0) is 14.9. The van der Waals surface area contributed by atoms with Gasteiger partial charge in [0.05, 0.1) is 4.92 Å². The fraction of sp³-hybridized carbons (Fsp3) is 0.462. The van der Waals surface area contributed by atoms with E-state index in [1.165, 1.54) is 18.2 Å². The smallest absolute Gasteiger partial charge is 0.287 e. The number of thioether (sulfide) groups is 1. The number of carbonyl (C=O) groups excluding carboxylic acids is 1. The summed E-state index contributed by atoms with van der Waals surface area (Å²) in [7, 11) is 0. The third-order valence-electron chi connectivity index (χ3n) is 3.10. The van der Waals surface area contributed by atoms with Gasteiger partial charge in [0, 0.05) is 35.2 Å². The van der Waals surface area contributed by atoms with E-state index in [1.807, 2.05) is 11.8 Å². The summed E-state index contributed by atoms with van der Waals surface area (Å²) < 4.78 is 0.0263. The normalized spacial score (nSPS) is 17.9. The average molecular weight is 315 g/mol. The van der Waals surface area contributed by atoms with Crippen LogP contribution in [0.4, 0.5) is 5.69 Å². The predicted molar refractivity (Wildman–Crippen MR) is 80.5 cm³/mol. The van der Waals surface area contributed by atoms with Crippen LogP contribution in [-0.2, 0) is 0 Å². The summed E-state index contributed by atoms with van der Waals surface area (Å²) in [6, 6.07) is 4.11. The summed E-state index contributed by atoms with van der Waals surface area (Å²) in [6.07, 6.45) is 0. The minimum Gasteiger partial charge on any atom is -0.336 e. The van der Waals surface area contributed by atoms with E-state index in [-0.39, 0.29) is 21.4 Å². The third kappa shape index (κ3) is 3.24. The summed E-state index contributed by atoms with van der Waals surface area (Å²) in [6.45, 7) is 5.53. The predicted octanol–water partition coefficient (Wildman–Crippen LogP) is 3.22. The molecule has 0 aliphatic carbocycles. The molecule has 0 spiro atoms. The van der Waals surface area contributed by atoms with Crippen molar-refractivity contribution < 1.29 is 9.72 Å². The van der Waals surface area contributed by atoms with Gasteiger partial charge in [-0.1, -0.05) is 11.6 Å². The molecule has 1 fully saturated rings. The van der Waals surface area contributed by atoms with Gasteiger partial charge in [-0.25, -0.2) is 0 Å². The van der Waals surface area contributed by atoms with E-state index in [0.717, 1.165) is 5.75 Å². The Kier molecular flexibility index (Phi) is 4.25. The van der Waals surface area contributed by atoms with E-state index < -0.39 is 4.92 Å². The molecule has 1 saturated heterocycles. The topological polar surface area (TPSA) is 63.5 Å². The zero-order valence-electron chi connectivity index (χ0n) is 11.3. The highest BCUT2D eigenvalue weighted by Gasteiger charge is 2.30. The van der Waals surface area contributed by atoms with Gasteiger partial charge >= 0.3 is 0 Å². The van der Waals surface area contributed by atoms with Gasteiger partial charge in [-0.15, -0.1) is 0 Å². The quantitative estimate of drug-likeness (QED) is 0.621. The van der Waals surface area contributed by atoms with Gasteiger partial charge < -0.3 is 4.90 Å². The standard InChI is InChI=1S/C13H15ClN2O3S/c1-13(2)8-15(5-6-20-13)12(17)9-3-4-11(16(18)19)10(14)7-9/h3-4,7H,5-6,8H2,1-2H3. The SMILES string of the molecule is CC1(C)CN(C(=O)c2ccc([N+](=O)[O-])c(Cl)c2)CCS1. The van der Waals surface area contributed by atoms with E-state index >= 15 is 0 Å². The van der Waals surface area contributed by atoms with Crippen LogP contribution in [0.15, 0.2) is 18.2 Å². The molecule has 0 atom stereocenters. The second-order valence-electron chi connectivity index (χ2n) is 5.26. The molecular formula is C13H15ClN2O3S. The van der Waals surface area contributed by atoms with Gasteiger partial charge in [0.1, 0.15) is 5.02 Å². The van der Waals surface area contributed by atoms with E-state index in [1.54, 1.807) is 4.90 Å². The van der Waals surface area contributed by atoms with Gasteiger partial charge in [0.2, 0.25) is 0 Å². The summed E-state index contributed by atoms with van der Waals surface area (Å²) in [4.78, 5) is 24.3. The number of carbonyl (C=O) groups is 1. The Balaban J connectivity index is 2.21. The molecule has 0 aromatic heterocycles. The van der Waals surface area contributed by atoms with Crippen LogP contribution in [-0.4, -0.2) is 39.3 Å². The van der Waals surface area contributed by atoms with Crippen molar-refractivity contribution in [3.8, 4) is 0 Å². The van der Waals surface area contributed by atoms with Gasteiger partial charge in [-0.3, -0.25) is 14.9 Å². The molecular weight excluding hydrogens is 300 g/mol. The van der Waals surface area contributed by atoms with E-state index in [9.17, 15) is 14.9 Å². The highest BCUT2D eigenvalue weighted by Crippen LogP contribution is 2.31. The van der Waals surface area contributed by atoms with Crippen molar-refractivity contribution in [3.05, 3.63) is 38.9 Å². The van der Waals surface area contributed by atoms with Gasteiger partial charge in [-0.05, 0) is 26.0 Å². The van der Waals surface area contributed by atoms with E-state index in [0.29, 0.717) is 18.7 Å². The number of rotatable bonds is 2. The molecule has 1 aliphatic rings. The van der Waals surface area contributed by atoms with Crippen LogP contribution in [0, 0.1) is 10.1 Å². The molecule has 1 aliphatic heterocycles. The summed E-state index contributed by atoms with van der Waals surface area (Å²) in [5.41, 5.74) is 0.209. The number of nitrogens with zero attached hydrogens (tertiary/aromatic N) is 2. The minimum absolute atomic E-state index is 0.00788. The van der Waals surface area contributed by atoms with Crippen molar-refractivity contribution in [3.63, 3.8) is 0 Å². The maximum absolute atomic E-state index is 12.4. The molecule has 0 unspecified atom stereocenters. The third-order valence-corrected chi connectivity index (χ3v) is 4.70. The molecule has 1 heterocycles. The molecule has 1 aromatic rings. The minimum atomic E-state index is -0.558. The van der Waals surface area contributed by atoms with Crippen LogP contribution in [0.3, 0.4) is 0 Å². The van der Waals surface area contributed by atoms with Crippen LogP contribution in [0.1, 0.15) is 24.2 Å². The van der Waals surface area contributed by atoms with Crippen molar-refractivity contribution in [1.82, 2.24) is 4.90 Å². The number of benzene rings is 1. The second kappa shape index (κ2) is 5.61. The second-order valence-corrected chi connectivity index (χ2v) is 7.47. The number of amides is 1. The maximum Gasteiger partial charge on any atom is 0.287 e. The molecule has 0 radical (unpaired) electrons. The molecule has 108 valence electrons. The van der Waals surface area contributed by atoms with Gasteiger partial charge in [0.25, 0.3) is 11.6 Å². The summed E-state index contributed by atoms with van der Waals surface area (Å²) >= 11 is 7.68. The Morgan fingerprint density at radius 2 is 2.20 bits per heavy atom. The molecule has 7 heteroatoms. The van der Waals surface area contributed by atoms with Crippen LogP contribution >= 0.6 is 23.4 Å². The first-order chi connectivity index (χ1) is 9.30. The number of nitro groups is 1. The summed E-state index contributed by atoms with van der Waals surface area (Å²) in [5.74, 6) is 0.759. The van der Waals surface area contributed by atoms with E-state index in [2.05, 4.69) is 13.8 Å². The van der Waals surface area contributed by atoms with Crippen molar-refractivity contribution >= 4 is 35.0 Å². The molecule has 0 N–H and O–H groups in total. The largest absolute Gasteiger partial charge is 0.336 e. The average Bonchev–Trinajstić information content (AvgIpc) is 2.36. The van der Waals surface area contributed by atoms with Crippen LogP contribution in [0.5, 0.6) is 0 Å². The highest BCUT2D eigenvalue weighted by molar-refractivity contribution is 8.00. The first-order valence-electron chi connectivity index (χ1n) is 6.17. The lowest BCUT2D eigenvalue weighted by Crippen LogP contribution is -2.46. The Morgan fingerprint density at radius 3 is 2.75 bits per heavy atom. The maximum atomic E-state index is 12.4. The molecule has 0 bridgehead atoms.